The van der Waals surface area contributed by atoms with E-state index >= 15 is 0 Å². The fourth-order valence-corrected chi connectivity index (χ4v) is 2.88. The molecule has 1 aromatic carbocycles. The molecule has 1 heterocycles. The SMILES string of the molecule is NC(CCN1CCCC(O)C1)c1cccc(Br)c1. The second-order valence-electron chi connectivity index (χ2n) is 5.05. The molecule has 3 nitrogen and oxygen atoms in total. The number of benzene rings is 1. The minimum Gasteiger partial charge on any atom is -0.392 e. The number of rotatable bonds is 4. The molecule has 0 aliphatic carbocycles. The Bertz CT molecular complexity index is 386. The van der Waals surface area contributed by atoms with E-state index in [2.05, 4.69) is 33.0 Å². The molecule has 2 unspecified atom stereocenters. The van der Waals surface area contributed by atoms with Crippen molar-refractivity contribution in [3.05, 3.63) is 34.3 Å². The van der Waals surface area contributed by atoms with Crippen molar-refractivity contribution in [2.45, 2.75) is 31.4 Å². The summed E-state index contributed by atoms with van der Waals surface area (Å²) in [5, 5.41) is 9.62. The monoisotopic (exact) mass is 312 g/mol. The van der Waals surface area contributed by atoms with Crippen molar-refractivity contribution >= 4 is 15.9 Å². The van der Waals surface area contributed by atoms with E-state index in [0.29, 0.717) is 0 Å². The first-order valence-corrected chi connectivity index (χ1v) is 7.36. The zero-order valence-electron chi connectivity index (χ0n) is 10.6. The molecule has 1 aliphatic heterocycles. The van der Waals surface area contributed by atoms with Crippen LogP contribution in [0.1, 0.15) is 30.9 Å². The summed E-state index contributed by atoms with van der Waals surface area (Å²) < 4.78 is 1.07. The van der Waals surface area contributed by atoms with Crippen molar-refractivity contribution in [1.82, 2.24) is 4.90 Å². The molecule has 0 aromatic heterocycles. The number of piperidine rings is 1. The van der Waals surface area contributed by atoms with Crippen molar-refractivity contribution in [3.8, 4) is 0 Å². The van der Waals surface area contributed by atoms with Gasteiger partial charge in [-0.25, -0.2) is 0 Å². The normalized spacial score (nSPS) is 22.9. The maximum Gasteiger partial charge on any atom is 0.0667 e. The quantitative estimate of drug-likeness (QED) is 0.897. The van der Waals surface area contributed by atoms with Crippen LogP contribution in [-0.4, -0.2) is 35.7 Å². The molecule has 0 radical (unpaired) electrons. The highest BCUT2D eigenvalue weighted by molar-refractivity contribution is 9.10. The summed E-state index contributed by atoms with van der Waals surface area (Å²) in [6.07, 6.45) is 2.81. The Morgan fingerprint density at radius 3 is 3.06 bits per heavy atom. The summed E-state index contributed by atoms with van der Waals surface area (Å²) >= 11 is 3.47. The zero-order valence-corrected chi connectivity index (χ0v) is 12.1. The van der Waals surface area contributed by atoms with Gasteiger partial charge in [0.25, 0.3) is 0 Å². The van der Waals surface area contributed by atoms with Gasteiger partial charge in [-0.15, -0.1) is 0 Å². The Morgan fingerprint density at radius 1 is 1.50 bits per heavy atom. The number of hydrogen-bond donors (Lipinski definition) is 2. The van der Waals surface area contributed by atoms with Crippen molar-refractivity contribution in [2.24, 2.45) is 5.73 Å². The topological polar surface area (TPSA) is 49.5 Å². The third kappa shape index (κ3) is 4.05. The molecule has 0 amide bonds. The first-order valence-electron chi connectivity index (χ1n) is 6.56. The highest BCUT2D eigenvalue weighted by Crippen LogP contribution is 2.20. The molecule has 0 bridgehead atoms. The minimum atomic E-state index is -0.152. The minimum absolute atomic E-state index is 0.0709. The number of halogens is 1. The second-order valence-corrected chi connectivity index (χ2v) is 5.96. The molecule has 2 rings (SSSR count). The Morgan fingerprint density at radius 2 is 2.33 bits per heavy atom. The summed E-state index contributed by atoms with van der Waals surface area (Å²) in [5.74, 6) is 0. The zero-order chi connectivity index (χ0) is 13.0. The average molecular weight is 313 g/mol. The number of aliphatic hydroxyl groups is 1. The lowest BCUT2D eigenvalue weighted by Crippen LogP contribution is -2.39. The Balaban J connectivity index is 1.82. The fraction of sp³-hybridized carbons (Fsp3) is 0.571. The summed E-state index contributed by atoms with van der Waals surface area (Å²) in [5.41, 5.74) is 7.37. The largest absolute Gasteiger partial charge is 0.392 e. The van der Waals surface area contributed by atoms with Crippen molar-refractivity contribution in [2.75, 3.05) is 19.6 Å². The highest BCUT2D eigenvalue weighted by Gasteiger charge is 2.18. The molecule has 1 aromatic rings. The molecule has 1 aliphatic rings. The standard InChI is InChI=1S/C14H21BrN2O/c15-12-4-1-3-11(9-12)14(16)6-8-17-7-2-5-13(18)10-17/h1,3-4,9,13-14,18H,2,5-8,10,16H2. The number of likely N-dealkylation sites (tertiary alicyclic amines) is 1. The average Bonchev–Trinajstić information content (AvgIpc) is 2.36. The van der Waals surface area contributed by atoms with Crippen molar-refractivity contribution in [1.29, 1.82) is 0 Å². The van der Waals surface area contributed by atoms with E-state index in [4.69, 9.17) is 5.73 Å². The van der Waals surface area contributed by atoms with Crippen LogP contribution in [0.2, 0.25) is 0 Å². The molecule has 18 heavy (non-hydrogen) atoms. The van der Waals surface area contributed by atoms with E-state index in [9.17, 15) is 5.11 Å². The van der Waals surface area contributed by atoms with Gasteiger partial charge in [-0.05, 0) is 43.5 Å². The summed E-state index contributed by atoms with van der Waals surface area (Å²) in [6.45, 7) is 2.85. The van der Waals surface area contributed by atoms with Crippen LogP contribution in [0.25, 0.3) is 0 Å². The van der Waals surface area contributed by atoms with Gasteiger partial charge in [0.2, 0.25) is 0 Å². The van der Waals surface area contributed by atoms with Crippen LogP contribution in [0.5, 0.6) is 0 Å². The summed E-state index contributed by atoms with van der Waals surface area (Å²) in [6, 6.07) is 8.25. The lowest BCUT2D eigenvalue weighted by Gasteiger charge is -2.30. The van der Waals surface area contributed by atoms with Crippen molar-refractivity contribution in [3.63, 3.8) is 0 Å². The molecule has 3 N–H and O–H groups in total. The van der Waals surface area contributed by atoms with Gasteiger partial charge >= 0.3 is 0 Å². The van der Waals surface area contributed by atoms with Crippen LogP contribution in [0.15, 0.2) is 28.7 Å². The molecular formula is C14H21BrN2O. The number of aliphatic hydroxyl groups excluding tert-OH is 1. The Hall–Kier alpha value is -0.420. The Labute approximate surface area is 117 Å². The van der Waals surface area contributed by atoms with Crippen LogP contribution in [0.3, 0.4) is 0 Å². The lowest BCUT2D eigenvalue weighted by atomic mass is 10.0. The fourth-order valence-electron chi connectivity index (χ4n) is 2.46. The van der Waals surface area contributed by atoms with E-state index in [1.807, 2.05) is 12.1 Å². The maximum absolute atomic E-state index is 9.62. The number of hydrogen-bond acceptors (Lipinski definition) is 3. The smallest absolute Gasteiger partial charge is 0.0667 e. The van der Waals surface area contributed by atoms with Crippen LogP contribution in [-0.2, 0) is 0 Å². The maximum atomic E-state index is 9.62. The molecule has 0 spiro atoms. The Kier molecular flexibility index (Phi) is 5.18. The van der Waals surface area contributed by atoms with Crippen LogP contribution in [0.4, 0.5) is 0 Å². The van der Waals surface area contributed by atoms with Gasteiger partial charge in [0.05, 0.1) is 6.10 Å². The van der Waals surface area contributed by atoms with Gasteiger partial charge in [0.15, 0.2) is 0 Å². The highest BCUT2D eigenvalue weighted by atomic mass is 79.9. The molecular weight excluding hydrogens is 292 g/mol. The third-order valence-electron chi connectivity index (χ3n) is 3.51. The van der Waals surface area contributed by atoms with Gasteiger partial charge < -0.3 is 15.7 Å². The second kappa shape index (κ2) is 6.66. The molecule has 100 valence electrons. The van der Waals surface area contributed by atoms with Gasteiger partial charge in [-0.1, -0.05) is 28.1 Å². The van der Waals surface area contributed by atoms with Crippen LogP contribution in [0, 0.1) is 0 Å². The third-order valence-corrected chi connectivity index (χ3v) is 4.01. The summed E-state index contributed by atoms with van der Waals surface area (Å²) in [7, 11) is 0. The lowest BCUT2D eigenvalue weighted by molar-refractivity contribution is 0.0692. The van der Waals surface area contributed by atoms with E-state index in [1.54, 1.807) is 0 Å². The van der Waals surface area contributed by atoms with E-state index in [-0.39, 0.29) is 12.1 Å². The predicted octanol–water partition coefficient (Wildman–Crippen LogP) is 2.30. The van der Waals surface area contributed by atoms with Gasteiger partial charge in [-0.2, -0.15) is 0 Å². The molecule has 0 saturated carbocycles. The first-order chi connectivity index (χ1) is 8.65. The number of nitrogens with two attached hydrogens (primary N) is 1. The number of nitrogens with zero attached hydrogens (tertiary/aromatic N) is 1. The molecule has 4 heteroatoms. The molecule has 1 fully saturated rings. The van der Waals surface area contributed by atoms with Crippen LogP contribution < -0.4 is 5.73 Å². The van der Waals surface area contributed by atoms with Gasteiger partial charge in [0.1, 0.15) is 0 Å². The van der Waals surface area contributed by atoms with E-state index < -0.39 is 0 Å². The van der Waals surface area contributed by atoms with E-state index in [0.717, 1.165) is 43.4 Å². The van der Waals surface area contributed by atoms with E-state index in [1.165, 1.54) is 5.56 Å². The molecule has 2 atom stereocenters. The first kappa shape index (κ1) is 14.0. The van der Waals surface area contributed by atoms with Crippen molar-refractivity contribution < 1.29 is 5.11 Å². The van der Waals surface area contributed by atoms with Gasteiger partial charge in [0, 0.05) is 23.6 Å². The van der Waals surface area contributed by atoms with Crippen LogP contribution >= 0.6 is 15.9 Å². The van der Waals surface area contributed by atoms with Gasteiger partial charge in [-0.3, -0.25) is 0 Å². The summed E-state index contributed by atoms with van der Waals surface area (Å²) in [4.78, 5) is 2.31. The molecule has 1 saturated heterocycles. The number of β-amino-alcohol motifs (C(OH)–C–C–N with tert-alkyl or cyclic N) is 1. The predicted molar refractivity (Wildman–Crippen MR) is 77.4 cm³/mol.